The maximum Gasteiger partial charge on any atom is 0.253 e. The number of aromatic nitrogens is 2. The van der Waals surface area contributed by atoms with Crippen LogP contribution in [0.4, 0.5) is 0 Å². The van der Waals surface area contributed by atoms with Crippen molar-refractivity contribution in [3.8, 4) is 27.7 Å². The summed E-state index contributed by atoms with van der Waals surface area (Å²) < 4.78 is 7.48. The first-order chi connectivity index (χ1) is 14.4. The molecule has 0 spiro atoms. The van der Waals surface area contributed by atoms with Gasteiger partial charge in [-0.05, 0) is 49.6 Å². The van der Waals surface area contributed by atoms with Crippen molar-refractivity contribution in [1.29, 1.82) is 0 Å². The number of rotatable bonds is 9. The van der Waals surface area contributed by atoms with Gasteiger partial charge in [0, 0.05) is 29.7 Å². The molecule has 30 heavy (non-hydrogen) atoms. The highest BCUT2D eigenvalue weighted by Gasteiger charge is 2.20. The standard InChI is InChI=1S/C24H31N3O2S/c1-6-7-12-27-17(4)20(23(28)25-14-16(2)3)13-22(27)21-15-30-24(26-21)18-8-10-19(29-5)11-9-18/h8-11,13,15-16H,6-7,12,14H2,1-5H3,(H,25,28). The number of benzene rings is 1. The van der Waals surface area contributed by atoms with E-state index in [1.165, 1.54) is 0 Å². The van der Waals surface area contributed by atoms with Gasteiger partial charge in [0.1, 0.15) is 10.8 Å². The molecule has 1 N–H and O–H groups in total. The van der Waals surface area contributed by atoms with Gasteiger partial charge in [-0.1, -0.05) is 27.2 Å². The molecule has 1 amide bonds. The van der Waals surface area contributed by atoms with Gasteiger partial charge in [-0.3, -0.25) is 4.79 Å². The van der Waals surface area contributed by atoms with Crippen LogP contribution in [0.1, 0.15) is 49.7 Å². The van der Waals surface area contributed by atoms with Crippen molar-refractivity contribution in [3.05, 3.63) is 47.0 Å². The second kappa shape index (κ2) is 9.94. The molecule has 0 bridgehead atoms. The number of amides is 1. The van der Waals surface area contributed by atoms with Crippen LogP contribution < -0.4 is 10.1 Å². The van der Waals surface area contributed by atoms with Crippen molar-refractivity contribution in [2.45, 2.75) is 47.1 Å². The molecule has 3 rings (SSSR count). The third kappa shape index (κ3) is 4.93. The zero-order valence-corrected chi connectivity index (χ0v) is 19.3. The topological polar surface area (TPSA) is 56.2 Å². The van der Waals surface area contributed by atoms with Gasteiger partial charge in [0.25, 0.3) is 5.91 Å². The minimum absolute atomic E-state index is 0.0108. The molecule has 160 valence electrons. The van der Waals surface area contributed by atoms with Crippen molar-refractivity contribution in [2.24, 2.45) is 5.92 Å². The number of nitrogens with zero attached hydrogens (tertiary/aromatic N) is 2. The van der Waals surface area contributed by atoms with E-state index in [0.29, 0.717) is 12.5 Å². The van der Waals surface area contributed by atoms with E-state index in [1.54, 1.807) is 18.4 Å². The van der Waals surface area contributed by atoms with Crippen LogP contribution in [0.2, 0.25) is 0 Å². The number of carbonyl (C=O) groups excluding carboxylic acids is 1. The molecule has 2 heterocycles. The zero-order chi connectivity index (χ0) is 21.7. The van der Waals surface area contributed by atoms with Gasteiger partial charge in [0.15, 0.2) is 0 Å². The van der Waals surface area contributed by atoms with Crippen molar-refractivity contribution in [1.82, 2.24) is 14.9 Å². The molecule has 0 saturated heterocycles. The number of thiazole rings is 1. The quantitative estimate of drug-likeness (QED) is 0.473. The Balaban J connectivity index is 1.94. The number of ether oxygens (including phenoxy) is 1. The lowest BCUT2D eigenvalue weighted by Gasteiger charge is -2.11. The molecule has 0 atom stereocenters. The largest absolute Gasteiger partial charge is 0.497 e. The summed E-state index contributed by atoms with van der Waals surface area (Å²) >= 11 is 1.62. The van der Waals surface area contributed by atoms with Crippen LogP contribution in [0.3, 0.4) is 0 Å². The maximum absolute atomic E-state index is 12.8. The molecule has 5 nitrogen and oxygen atoms in total. The number of carbonyl (C=O) groups is 1. The fourth-order valence-corrected chi connectivity index (χ4v) is 4.16. The molecule has 0 aliphatic carbocycles. The van der Waals surface area contributed by atoms with Crippen LogP contribution >= 0.6 is 11.3 Å². The second-order valence-corrected chi connectivity index (χ2v) is 8.76. The summed E-state index contributed by atoms with van der Waals surface area (Å²) in [6.45, 7) is 9.96. The zero-order valence-electron chi connectivity index (χ0n) is 18.5. The average Bonchev–Trinajstić information content (AvgIpc) is 3.35. The van der Waals surface area contributed by atoms with E-state index >= 15 is 0 Å². The van der Waals surface area contributed by atoms with Gasteiger partial charge in [0.2, 0.25) is 0 Å². The summed E-state index contributed by atoms with van der Waals surface area (Å²) in [5, 5.41) is 6.08. The summed E-state index contributed by atoms with van der Waals surface area (Å²) in [7, 11) is 1.66. The molecule has 2 aromatic heterocycles. The molecule has 0 fully saturated rings. The highest BCUT2D eigenvalue weighted by atomic mass is 32.1. The van der Waals surface area contributed by atoms with Gasteiger partial charge in [0.05, 0.1) is 24.1 Å². The molecule has 0 radical (unpaired) electrons. The summed E-state index contributed by atoms with van der Waals surface area (Å²) in [5.74, 6) is 1.24. The van der Waals surface area contributed by atoms with Gasteiger partial charge in [-0.25, -0.2) is 4.98 Å². The van der Waals surface area contributed by atoms with E-state index in [1.807, 2.05) is 37.3 Å². The molecule has 3 aromatic rings. The average molecular weight is 426 g/mol. The Morgan fingerprint density at radius 2 is 2.00 bits per heavy atom. The lowest BCUT2D eigenvalue weighted by molar-refractivity contribution is 0.0948. The highest BCUT2D eigenvalue weighted by Crippen LogP contribution is 2.32. The van der Waals surface area contributed by atoms with E-state index in [0.717, 1.165) is 58.4 Å². The van der Waals surface area contributed by atoms with Gasteiger partial charge in [-0.2, -0.15) is 0 Å². The van der Waals surface area contributed by atoms with Crippen LogP contribution in [0.5, 0.6) is 5.75 Å². The molecule has 0 aliphatic heterocycles. The first-order valence-corrected chi connectivity index (χ1v) is 11.4. The third-order valence-electron chi connectivity index (χ3n) is 5.12. The number of nitrogens with one attached hydrogen (secondary N) is 1. The smallest absolute Gasteiger partial charge is 0.253 e. The van der Waals surface area contributed by atoms with E-state index in [-0.39, 0.29) is 5.91 Å². The molecular weight excluding hydrogens is 394 g/mol. The minimum Gasteiger partial charge on any atom is -0.497 e. The Kier molecular flexibility index (Phi) is 7.32. The molecule has 0 aliphatic rings. The normalized spacial score (nSPS) is 11.1. The SMILES string of the molecule is CCCCn1c(-c2csc(-c3ccc(OC)cc3)n2)cc(C(=O)NCC(C)C)c1C. The van der Waals surface area contributed by atoms with Crippen molar-refractivity contribution in [2.75, 3.05) is 13.7 Å². The van der Waals surface area contributed by atoms with Crippen LogP contribution in [0.25, 0.3) is 22.0 Å². The summed E-state index contributed by atoms with van der Waals surface area (Å²) in [6.07, 6.45) is 2.16. The van der Waals surface area contributed by atoms with Crippen LogP contribution in [-0.2, 0) is 6.54 Å². The van der Waals surface area contributed by atoms with Gasteiger partial charge < -0.3 is 14.6 Å². The lowest BCUT2D eigenvalue weighted by atomic mass is 10.2. The molecular formula is C24H31N3O2S. The summed E-state index contributed by atoms with van der Waals surface area (Å²) in [4.78, 5) is 17.7. The second-order valence-electron chi connectivity index (χ2n) is 7.90. The maximum atomic E-state index is 12.8. The monoisotopic (exact) mass is 425 g/mol. The lowest BCUT2D eigenvalue weighted by Crippen LogP contribution is -2.27. The van der Waals surface area contributed by atoms with Gasteiger partial charge >= 0.3 is 0 Å². The molecule has 0 saturated carbocycles. The number of hydrogen-bond donors (Lipinski definition) is 1. The number of methoxy groups -OCH3 is 1. The third-order valence-corrected chi connectivity index (χ3v) is 6.01. The summed E-state index contributed by atoms with van der Waals surface area (Å²) in [6, 6.07) is 9.93. The Morgan fingerprint density at radius 3 is 2.63 bits per heavy atom. The van der Waals surface area contributed by atoms with E-state index in [4.69, 9.17) is 9.72 Å². The Morgan fingerprint density at radius 1 is 1.27 bits per heavy atom. The Labute approximate surface area is 183 Å². The fraction of sp³-hybridized carbons (Fsp3) is 0.417. The van der Waals surface area contributed by atoms with Gasteiger partial charge in [-0.15, -0.1) is 11.3 Å². The van der Waals surface area contributed by atoms with Crippen LogP contribution in [0.15, 0.2) is 35.7 Å². The Bertz CT molecular complexity index is 987. The number of unbranched alkanes of at least 4 members (excludes halogenated alkanes) is 1. The van der Waals surface area contributed by atoms with Crippen LogP contribution in [-0.4, -0.2) is 29.1 Å². The molecule has 0 unspecified atom stereocenters. The predicted octanol–water partition coefficient (Wildman–Crippen LogP) is 5.78. The molecule has 6 heteroatoms. The van der Waals surface area contributed by atoms with E-state index in [9.17, 15) is 4.79 Å². The minimum atomic E-state index is -0.0108. The van der Waals surface area contributed by atoms with E-state index in [2.05, 4.69) is 36.0 Å². The Hall–Kier alpha value is -2.60. The molecule has 1 aromatic carbocycles. The first kappa shape index (κ1) is 22.1. The van der Waals surface area contributed by atoms with E-state index < -0.39 is 0 Å². The predicted molar refractivity (Wildman–Crippen MR) is 124 cm³/mol. The summed E-state index contributed by atoms with van der Waals surface area (Å²) in [5.41, 5.74) is 4.71. The highest BCUT2D eigenvalue weighted by molar-refractivity contribution is 7.13. The fourth-order valence-electron chi connectivity index (χ4n) is 3.34. The van der Waals surface area contributed by atoms with Crippen molar-refractivity contribution in [3.63, 3.8) is 0 Å². The first-order valence-electron chi connectivity index (χ1n) is 10.5. The van der Waals surface area contributed by atoms with Crippen molar-refractivity contribution >= 4 is 17.2 Å². The van der Waals surface area contributed by atoms with Crippen molar-refractivity contribution < 1.29 is 9.53 Å². The number of hydrogen-bond acceptors (Lipinski definition) is 4. The van der Waals surface area contributed by atoms with Crippen LogP contribution in [0, 0.1) is 12.8 Å².